The number of alkyl halides is 1. The normalized spacial score (nSPS) is 38.2. The van der Waals surface area contributed by atoms with E-state index in [1.54, 1.807) is 19.2 Å². The largest absolute Gasteiger partial charge is 0.392 e. The second-order valence-electron chi connectivity index (χ2n) is 10.4. The van der Waals surface area contributed by atoms with Gasteiger partial charge in [0.2, 0.25) is 5.91 Å². The van der Waals surface area contributed by atoms with Crippen molar-refractivity contribution in [1.82, 2.24) is 10.3 Å². The van der Waals surface area contributed by atoms with Crippen LogP contribution in [-0.4, -0.2) is 69.5 Å². The number of rotatable bonds is 2. The molecule has 11 heteroatoms. The molecule has 3 N–H and O–H groups in total. The van der Waals surface area contributed by atoms with Crippen molar-refractivity contribution in [3.8, 4) is 0 Å². The maximum Gasteiger partial charge on any atom is 0.223 e. The minimum absolute atomic E-state index is 0.0124. The zero-order valence-corrected chi connectivity index (χ0v) is 22.3. The van der Waals surface area contributed by atoms with E-state index in [2.05, 4.69) is 10.3 Å². The van der Waals surface area contributed by atoms with E-state index in [1.807, 2.05) is 6.92 Å². The van der Waals surface area contributed by atoms with Gasteiger partial charge in [-0.3, -0.25) is 9.59 Å². The SMILES string of the molecule is Cc1nc(/C=C(\F)[C@@H]2CC3OC3(Cl)COC[C@H](C)[C@H](O)[C@@H](C)C(=O)C3(CCC3)[C@@H](O)CC(=O)N2)cs1. The first-order valence-electron chi connectivity index (χ1n) is 12.4. The Hall–Kier alpha value is -1.43. The number of amides is 1. The number of halogens is 2. The van der Waals surface area contributed by atoms with Crippen molar-refractivity contribution >= 4 is 40.7 Å². The molecule has 1 aliphatic carbocycles. The molecule has 0 bridgehead atoms. The summed E-state index contributed by atoms with van der Waals surface area (Å²) in [6, 6.07) is -1.06. The van der Waals surface area contributed by atoms with Gasteiger partial charge in [-0.2, -0.15) is 0 Å². The van der Waals surface area contributed by atoms with Gasteiger partial charge in [0.15, 0.2) is 5.06 Å². The molecule has 1 aromatic heterocycles. The Morgan fingerprint density at radius 2 is 2.06 bits per heavy atom. The van der Waals surface area contributed by atoms with Gasteiger partial charge in [-0.15, -0.1) is 11.3 Å². The van der Waals surface area contributed by atoms with Crippen molar-refractivity contribution in [3.05, 3.63) is 21.9 Å². The molecule has 3 heterocycles. The van der Waals surface area contributed by atoms with Crippen LogP contribution in [0, 0.1) is 24.2 Å². The summed E-state index contributed by atoms with van der Waals surface area (Å²) in [5, 5.41) is 25.8. The van der Waals surface area contributed by atoms with Crippen LogP contribution in [-0.2, 0) is 19.1 Å². The molecule has 4 rings (SSSR count). The molecular weight excluding hydrogens is 511 g/mol. The number of aliphatic hydroxyl groups excluding tert-OH is 2. The summed E-state index contributed by atoms with van der Waals surface area (Å²) < 4.78 is 26.6. The first kappa shape index (κ1) is 27.6. The van der Waals surface area contributed by atoms with Gasteiger partial charge in [0.05, 0.1) is 54.0 Å². The van der Waals surface area contributed by atoms with Gasteiger partial charge in [-0.1, -0.05) is 31.9 Å². The molecule has 1 aromatic rings. The molecule has 1 spiro atoms. The highest BCUT2D eigenvalue weighted by molar-refractivity contribution is 7.09. The van der Waals surface area contributed by atoms with Crippen LogP contribution < -0.4 is 5.32 Å². The lowest BCUT2D eigenvalue weighted by Crippen LogP contribution is -2.54. The summed E-state index contributed by atoms with van der Waals surface area (Å²) in [5.41, 5.74) is -0.656. The Balaban J connectivity index is 1.58. The summed E-state index contributed by atoms with van der Waals surface area (Å²) >= 11 is 7.88. The van der Waals surface area contributed by atoms with Crippen LogP contribution in [0.4, 0.5) is 4.39 Å². The predicted molar refractivity (Wildman–Crippen MR) is 133 cm³/mol. The Labute approximate surface area is 219 Å². The van der Waals surface area contributed by atoms with Crippen LogP contribution in [0.2, 0.25) is 0 Å². The number of nitrogens with one attached hydrogen (secondary N) is 1. The minimum Gasteiger partial charge on any atom is -0.392 e. The van der Waals surface area contributed by atoms with Gasteiger partial charge < -0.3 is 25.0 Å². The standard InChI is InChI=1S/C25H34ClFN2O6S/c1-13-10-34-12-25(26)20(35-25)8-18(17(27)7-16-11-36-15(3)28-16)29-21(31)9-19(30)24(5-4-6-24)23(33)14(2)22(13)32/h7,11,13-14,18-20,22,30,32H,4-6,8-10,12H2,1-3H3,(H,29,31)/b17-7-/t13-,14+,18-,19-,20?,22-,25?/m0/s1. The molecule has 2 unspecified atom stereocenters. The number of Topliss-reactive ketones (excluding diaryl/α,β-unsaturated/α-hetero) is 1. The number of ether oxygens (including phenoxy) is 2. The van der Waals surface area contributed by atoms with Gasteiger partial charge in [0.1, 0.15) is 17.7 Å². The molecule has 36 heavy (non-hydrogen) atoms. The summed E-state index contributed by atoms with van der Waals surface area (Å²) in [6.45, 7) is 5.39. The molecule has 3 aliphatic rings. The van der Waals surface area contributed by atoms with Gasteiger partial charge in [0.25, 0.3) is 0 Å². The summed E-state index contributed by atoms with van der Waals surface area (Å²) in [5.74, 6) is -2.59. The molecule has 1 amide bonds. The van der Waals surface area contributed by atoms with Crippen LogP contribution in [0.25, 0.3) is 6.08 Å². The van der Waals surface area contributed by atoms with Crippen LogP contribution in [0.15, 0.2) is 11.2 Å². The zero-order chi connectivity index (χ0) is 26.3. The van der Waals surface area contributed by atoms with E-state index >= 15 is 4.39 Å². The number of fused-ring (bicyclic) bond motifs is 1. The lowest BCUT2D eigenvalue weighted by Gasteiger charge is -2.46. The number of ketones is 1. The second-order valence-corrected chi connectivity index (χ2v) is 12.1. The zero-order valence-electron chi connectivity index (χ0n) is 20.7. The number of carbonyl (C=O) groups is 2. The average molecular weight is 545 g/mol. The maximum absolute atomic E-state index is 15.3. The van der Waals surface area contributed by atoms with Crippen LogP contribution in [0.1, 0.15) is 56.7 Å². The molecule has 2 saturated heterocycles. The summed E-state index contributed by atoms with van der Waals surface area (Å²) in [4.78, 5) is 30.6. The Kier molecular flexibility index (Phi) is 8.24. The number of aromatic nitrogens is 1. The molecule has 0 radical (unpaired) electrons. The van der Waals surface area contributed by atoms with E-state index in [0.717, 1.165) is 11.4 Å². The van der Waals surface area contributed by atoms with Gasteiger partial charge in [-0.25, -0.2) is 9.37 Å². The van der Waals surface area contributed by atoms with Gasteiger partial charge in [0, 0.05) is 23.6 Å². The van der Waals surface area contributed by atoms with E-state index < -0.39 is 52.5 Å². The van der Waals surface area contributed by atoms with Crippen molar-refractivity contribution in [2.45, 2.75) is 82.3 Å². The molecule has 1 saturated carbocycles. The third-order valence-electron chi connectivity index (χ3n) is 7.74. The number of aryl methyl sites for hydroxylation is 1. The number of aliphatic hydroxyl groups is 2. The third kappa shape index (κ3) is 5.68. The highest BCUT2D eigenvalue weighted by Crippen LogP contribution is 2.48. The number of hydrogen-bond acceptors (Lipinski definition) is 8. The Morgan fingerprint density at radius 1 is 1.33 bits per heavy atom. The fraction of sp³-hybridized carbons (Fsp3) is 0.720. The van der Waals surface area contributed by atoms with E-state index in [9.17, 15) is 19.8 Å². The average Bonchev–Trinajstić information content (AvgIpc) is 3.22. The van der Waals surface area contributed by atoms with E-state index in [-0.39, 0.29) is 37.8 Å². The third-order valence-corrected chi connectivity index (χ3v) is 8.98. The van der Waals surface area contributed by atoms with E-state index in [4.69, 9.17) is 21.1 Å². The Bertz CT molecular complexity index is 1020. The van der Waals surface area contributed by atoms with Crippen molar-refractivity contribution in [3.63, 3.8) is 0 Å². The fourth-order valence-corrected chi connectivity index (χ4v) is 6.05. The smallest absolute Gasteiger partial charge is 0.223 e. The quantitative estimate of drug-likeness (QED) is 0.386. The molecular formula is C25H34ClFN2O6S. The number of epoxide rings is 1. The molecule has 200 valence electrons. The number of hydrogen-bond donors (Lipinski definition) is 3. The lowest BCUT2D eigenvalue weighted by atomic mass is 9.59. The lowest BCUT2D eigenvalue weighted by molar-refractivity contribution is -0.155. The van der Waals surface area contributed by atoms with Gasteiger partial charge >= 0.3 is 0 Å². The van der Waals surface area contributed by atoms with Crippen LogP contribution in [0.5, 0.6) is 0 Å². The minimum atomic E-state index is -1.24. The fourth-order valence-electron chi connectivity index (χ4n) is 5.21. The van der Waals surface area contributed by atoms with Crippen molar-refractivity contribution in [2.24, 2.45) is 17.3 Å². The predicted octanol–water partition coefficient (Wildman–Crippen LogP) is 3.12. The number of thiazole rings is 1. The van der Waals surface area contributed by atoms with Crippen molar-refractivity contribution in [1.29, 1.82) is 0 Å². The summed E-state index contributed by atoms with van der Waals surface area (Å²) in [7, 11) is 0. The van der Waals surface area contributed by atoms with E-state index in [1.165, 1.54) is 17.4 Å². The molecule has 8 nitrogen and oxygen atoms in total. The summed E-state index contributed by atoms with van der Waals surface area (Å²) in [6.07, 6.45) is -0.215. The van der Waals surface area contributed by atoms with Gasteiger partial charge in [-0.05, 0) is 25.8 Å². The second kappa shape index (κ2) is 10.7. The molecule has 2 aliphatic heterocycles. The molecule has 7 atom stereocenters. The monoisotopic (exact) mass is 544 g/mol. The number of nitrogens with zero attached hydrogens (tertiary/aromatic N) is 1. The number of carbonyl (C=O) groups excluding carboxylic acids is 2. The van der Waals surface area contributed by atoms with Crippen molar-refractivity contribution in [2.75, 3.05) is 13.2 Å². The first-order chi connectivity index (χ1) is 16.9. The van der Waals surface area contributed by atoms with Crippen LogP contribution >= 0.6 is 22.9 Å². The highest BCUT2D eigenvalue weighted by atomic mass is 35.5. The Morgan fingerprint density at radius 3 is 2.67 bits per heavy atom. The maximum atomic E-state index is 15.3. The molecule has 0 aromatic carbocycles. The topological polar surface area (TPSA) is 121 Å². The van der Waals surface area contributed by atoms with Crippen LogP contribution in [0.3, 0.4) is 0 Å². The molecule has 3 fully saturated rings. The first-order valence-corrected chi connectivity index (χ1v) is 13.6. The highest BCUT2D eigenvalue weighted by Gasteiger charge is 2.57. The van der Waals surface area contributed by atoms with Crippen molar-refractivity contribution < 1.29 is 33.7 Å². The van der Waals surface area contributed by atoms with E-state index in [0.29, 0.717) is 18.5 Å².